The lowest BCUT2D eigenvalue weighted by Crippen LogP contribution is -2.04. The summed E-state index contributed by atoms with van der Waals surface area (Å²) < 4.78 is 5.11. The van der Waals surface area contributed by atoms with Gasteiger partial charge in [0.2, 0.25) is 0 Å². The fourth-order valence-electron chi connectivity index (χ4n) is 0.874. The van der Waals surface area contributed by atoms with Crippen LogP contribution in [-0.4, -0.2) is 10.9 Å². The fourth-order valence-corrected chi connectivity index (χ4v) is 1.54. The molecule has 0 spiro atoms. The van der Waals surface area contributed by atoms with Gasteiger partial charge in [0.1, 0.15) is 3.57 Å². The molecule has 0 aliphatic carbocycles. The van der Waals surface area contributed by atoms with E-state index in [1.54, 1.807) is 22.6 Å². The van der Waals surface area contributed by atoms with Gasteiger partial charge < -0.3 is 4.74 Å². The molecule has 0 atom stereocenters. The van der Waals surface area contributed by atoms with Crippen LogP contribution in [0.1, 0.15) is 6.92 Å². The van der Waals surface area contributed by atoms with Crippen LogP contribution in [0.3, 0.4) is 0 Å². The highest BCUT2D eigenvalue weighted by atomic mass is 127. The average molecular weight is 307 g/mol. The molecule has 0 aliphatic rings. The van der Waals surface area contributed by atoms with Crippen LogP contribution < -0.4 is 4.74 Å². The van der Waals surface area contributed by atoms with Crippen LogP contribution >= 0.6 is 22.6 Å². The normalized spacial score (nSPS) is 9.57. The van der Waals surface area contributed by atoms with Gasteiger partial charge in [0, 0.05) is 13.0 Å². The van der Waals surface area contributed by atoms with Crippen molar-refractivity contribution in [2.75, 3.05) is 0 Å². The molecule has 0 radical (unpaired) electrons. The van der Waals surface area contributed by atoms with E-state index in [4.69, 9.17) is 4.74 Å². The Bertz CT molecular complexity index is 391. The number of rotatable bonds is 2. The highest BCUT2D eigenvalue weighted by Crippen LogP contribution is 2.29. The van der Waals surface area contributed by atoms with E-state index in [9.17, 15) is 14.9 Å². The number of hydrogen-bond acceptors (Lipinski definition) is 4. The van der Waals surface area contributed by atoms with E-state index in [1.807, 2.05) is 0 Å². The number of carbonyl (C=O) groups excluding carboxylic acids is 1. The Morgan fingerprint density at radius 2 is 2.21 bits per heavy atom. The molecule has 0 saturated carbocycles. The van der Waals surface area contributed by atoms with Crippen LogP contribution in [0.4, 0.5) is 5.69 Å². The van der Waals surface area contributed by atoms with Gasteiger partial charge in [-0.05, 0) is 28.7 Å². The van der Waals surface area contributed by atoms with Gasteiger partial charge in [0.15, 0.2) is 5.75 Å². The van der Waals surface area contributed by atoms with Crippen molar-refractivity contribution in [3.63, 3.8) is 0 Å². The molecule has 0 fully saturated rings. The van der Waals surface area contributed by atoms with E-state index in [-0.39, 0.29) is 11.4 Å². The van der Waals surface area contributed by atoms with Gasteiger partial charge in [-0.1, -0.05) is 6.07 Å². The molecule has 0 unspecified atom stereocenters. The van der Waals surface area contributed by atoms with E-state index >= 15 is 0 Å². The number of nitrogens with zero attached hydrogens (tertiary/aromatic N) is 1. The topological polar surface area (TPSA) is 69.4 Å². The lowest BCUT2D eigenvalue weighted by Gasteiger charge is -2.03. The first-order valence-electron chi connectivity index (χ1n) is 3.63. The highest BCUT2D eigenvalue weighted by Gasteiger charge is 2.16. The summed E-state index contributed by atoms with van der Waals surface area (Å²) in [6, 6.07) is 4.34. The zero-order valence-corrected chi connectivity index (χ0v) is 9.35. The number of esters is 1. The van der Waals surface area contributed by atoms with Crippen molar-refractivity contribution in [1.82, 2.24) is 0 Å². The third-order valence-corrected chi connectivity index (χ3v) is 2.48. The van der Waals surface area contributed by atoms with Crippen molar-refractivity contribution >= 4 is 34.2 Å². The molecule has 0 heterocycles. The van der Waals surface area contributed by atoms with Crippen LogP contribution in [0.2, 0.25) is 0 Å². The number of carbonyl (C=O) groups is 1. The predicted octanol–water partition coefficient (Wildman–Crippen LogP) is 2.12. The Labute approximate surface area is 93.4 Å². The maximum atomic E-state index is 10.7. The molecular weight excluding hydrogens is 301 g/mol. The Morgan fingerprint density at radius 3 is 2.71 bits per heavy atom. The van der Waals surface area contributed by atoms with Gasteiger partial charge in [0.05, 0.1) is 4.92 Å². The molecule has 1 rings (SSSR count). The lowest BCUT2D eigenvalue weighted by atomic mass is 10.3. The van der Waals surface area contributed by atoms with E-state index in [1.165, 1.54) is 25.1 Å². The quantitative estimate of drug-likeness (QED) is 0.276. The van der Waals surface area contributed by atoms with Crippen molar-refractivity contribution in [2.45, 2.75) is 6.92 Å². The van der Waals surface area contributed by atoms with Crippen molar-refractivity contribution < 1.29 is 14.5 Å². The smallest absolute Gasteiger partial charge is 0.308 e. The Morgan fingerprint density at radius 1 is 1.57 bits per heavy atom. The first-order valence-corrected chi connectivity index (χ1v) is 4.71. The third-order valence-electron chi connectivity index (χ3n) is 1.39. The first-order chi connectivity index (χ1) is 6.52. The first kappa shape index (κ1) is 10.9. The van der Waals surface area contributed by atoms with Gasteiger partial charge >= 0.3 is 5.97 Å². The Kier molecular flexibility index (Phi) is 3.39. The number of nitro benzene ring substituents is 1. The molecule has 1 aromatic carbocycles. The molecule has 0 N–H and O–H groups in total. The maximum Gasteiger partial charge on any atom is 0.308 e. The van der Waals surface area contributed by atoms with Gasteiger partial charge in [-0.3, -0.25) is 14.9 Å². The lowest BCUT2D eigenvalue weighted by molar-refractivity contribution is -0.385. The Hall–Kier alpha value is -1.18. The zero-order chi connectivity index (χ0) is 10.7. The van der Waals surface area contributed by atoms with E-state index in [0.29, 0.717) is 3.57 Å². The largest absolute Gasteiger partial charge is 0.425 e. The molecule has 0 aliphatic heterocycles. The zero-order valence-electron chi connectivity index (χ0n) is 7.19. The van der Waals surface area contributed by atoms with Crippen LogP contribution in [0.25, 0.3) is 0 Å². The Balaban J connectivity index is 3.13. The van der Waals surface area contributed by atoms with E-state index < -0.39 is 10.9 Å². The second kappa shape index (κ2) is 4.36. The van der Waals surface area contributed by atoms with Crippen LogP contribution in [0.5, 0.6) is 5.75 Å². The molecule has 6 heteroatoms. The van der Waals surface area contributed by atoms with E-state index in [0.717, 1.165) is 0 Å². The number of halogens is 1. The standard InChI is InChI=1S/C8H6INO4/c1-5(11)14-7-4-2-3-6(8(7)9)10(12)13/h2-4H,1H3. The SMILES string of the molecule is CC(=O)Oc1cccc([N+](=O)[O-])c1I. The molecule has 74 valence electrons. The monoisotopic (exact) mass is 307 g/mol. The number of benzene rings is 1. The molecule has 1 aromatic rings. The number of ether oxygens (including phenoxy) is 1. The van der Waals surface area contributed by atoms with Gasteiger partial charge in [-0.2, -0.15) is 0 Å². The van der Waals surface area contributed by atoms with Crippen molar-refractivity contribution in [3.05, 3.63) is 31.9 Å². The minimum Gasteiger partial charge on any atom is -0.425 e. The summed E-state index contributed by atoms with van der Waals surface area (Å²) in [5, 5.41) is 10.5. The van der Waals surface area contributed by atoms with Crippen LogP contribution in [0, 0.1) is 13.7 Å². The minimum absolute atomic E-state index is 0.0654. The third kappa shape index (κ3) is 2.41. The average Bonchev–Trinajstić information content (AvgIpc) is 2.07. The van der Waals surface area contributed by atoms with E-state index in [2.05, 4.69) is 0 Å². The van der Waals surface area contributed by atoms with Gasteiger partial charge in [0.25, 0.3) is 5.69 Å². The second-order valence-corrected chi connectivity index (χ2v) is 3.52. The molecule has 0 amide bonds. The molecule has 5 nitrogen and oxygen atoms in total. The van der Waals surface area contributed by atoms with Crippen molar-refractivity contribution in [2.24, 2.45) is 0 Å². The molecular formula is C8H6INO4. The summed E-state index contributed by atoms with van der Waals surface area (Å²) in [6.07, 6.45) is 0. The van der Waals surface area contributed by atoms with Crippen LogP contribution in [0.15, 0.2) is 18.2 Å². The molecule has 0 saturated heterocycles. The maximum absolute atomic E-state index is 10.7. The van der Waals surface area contributed by atoms with Crippen LogP contribution in [-0.2, 0) is 4.79 Å². The van der Waals surface area contributed by atoms with Gasteiger partial charge in [-0.15, -0.1) is 0 Å². The fraction of sp³-hybridized carbons (Fsp3) is 0.125. The number of nitro groups is 1. The predicted molar refractivity (Wildman–Crippen MR) is 57.1 cm³/mol. The van der Waals surface area contributed by atoms with Gasteiger partial charge in [-0.25, -0.2) is 0 Å². The number of hydrogen-bond donors (Lipinski definition) is 0. The summed E-state index contributed by atoms with van der Waals surface area (Å²) in [5.74, 6) is -0.282. The second-order valence-electron chi connectivity index (χ2n) is 2.44. The summed E-state index contributed by atoms with van der Waals surface area (Å²) in [6.45, 7) is 1.24. The molecule has 0 bridgehead atoms. The molecule has 0 aromatic heterocycles. The summed E-state index contributed by atoms with van der Waals surface area (Å²) in [5.41, 5.74) is -0.0654. The summed E-state index contributed by atoms with van der Waals surface area (Å²) >= 11 is 1.77. The van der Waals surface area contributed by atoms with Crippen molar-refractivity contribution in [1.29, 1.82) is 0 Å². The highest BCUT2D eigenvalue weighted by molar-refractivity contribution is 14.1. The summed E-state index contributed by atoms with van der Waals surface area (Å²) in [7, 11) is 0. The minimum atomic E-state index is -0.519. The molecule has 14 heavy (non-hydrogen) atoms. The summed E-state index contributed by atoms with van der Waals surface area (Å²) in [4.78, 5) is 20.7. The van der Waals surface area contributed by atoms with Crippen molar-refractivity contribution in [3.8, 4) is 5.75 Å².